The molecule has 2 amide bonds. The zero-order valence-corrected chi connectivity index (χ0v) is 16.7. The van der Waals surface area contributed by atoms with E-state index in [4.69, 9.17) is 9.51 Å². The molecule has 3 atom stereocenters. The van der Waals surface area contributed by atoms with Crippen LogP contribution in [-0.2, 0) is 21.4 Å². The van der Waals surface area contributed by atoms with Crippen LogP contribution >= 0.6 is 0 Å². The molecule has 1 aromatic heterocycles. The standard InChI is InChI=1S/C22H26N4O3/c1-25-17(9-10-19(25)27)20(28)26-13-16-8-5-11-22(16,14-26)21-23-18(24-29-21)12-15-6-3-2-4-7-15/h2-4,6-7,16-17H,5,8-14H2,1H3/t16-,17+,22-/m1/s1. The van der Waals surface area contributed by atoms with Crippen molar-refractivity contribution in [3.8, 4) is 0 Å². The number of likely N-dealkylation sites (tertiary alicyclic amines) is 2. The maximum Gasteiger partial charge on any atom is 0.245 e. The van der Waals surface area contributed by atoms with E-state index in [1.165, 1.54) is 0 Å². The molecule has 29 heavy (non-hydrogen) atoms. The van der Waals surface area contributed by atoms with E-state index in [2.05, 4.69) is 17.3 Å². The van der Waals surface area contributed by atoms with Crippen LogP contribution in [0.5, 0.6) is 0 Å². The first-order valence-corrected chi connectivity index (χ1v) is 10.5. The van der Waals surface area contributed by atoms with E-state index < -0.39 is 0 Å². The van der Waals surface area contributed by atoms with E-state index in [-0.39, 0.29) is 23.3 Å². The molecule has 3 heterocycles. The van der Waals surface area contributed by atoms with Crippen molar-refractivity contribution in [1.82, 2.24) is 19.9 Å². The van der Waals surface area contributed by atoms with Crippen LogP contribution < -0.4 is 0 Å². The third-order valence-corrected chi connectivity index (χ3v) is 7.06. The minimum Gasteiger partial charge on any atom is -0.340 e. The van der Waals surface area contributed by atoms with Crippen molar-refractivity contribution in [1.29, 1.82) is 0 Å². The summed E-state index contributed by atoms with van der Waals surface area (Å²) in [4.78, 5) is 33.3. The Morgan fingerprint density at radius 1 is 1.28 bits per heavy atom. The van der Waals surface area contributed by atoms with Gasteiger partial charge in [0.2, 0.25) is 17.7 Å². The summed E-state index contributed by atoms with van der Waals surface area (Å²) >= 11 is 0. The molecule has 152 valence electrons. The summed E-state index contributed by atoms with van der Waals surface area (Å²) in [5, 5.41) is 4.24. The molecule has 7 nitrogen and oxygen atoms in total. The number of fused-ring (bicyclic) bond motifs is 1. The van der Waals surface area contributed by atoms with Gasteiger partial charge in [-0.3, -0.25) is 9.59 Å². The minimum atomic E-state index is -0.324. The van der Waals surface area contributed by atoms with Gasteiger partial charge in [0.15, 0.2) is 5.82 Å². The van der Waals surface area contributed by atoms with Gasteiger partial charge in [-0.15, -0.1) is 0 Å². The second kappa shape index (κ2) is 6.97. The fraction of sp³-hybridized carbons (Fsp3) is 0.545. The zero-order valence-electron chi connectivity index (χ0n) is 16.7. The SMILES string of the molecule is CN1C(=O)CC[C@H]1C(=O)N1C[C@H]2CCC[C@@]2(c2nc(Cc3ccccc3)no2)C1. The van der Waals surface area contributed by atoms with Gasteiger partial charge < -0.3 is 14.3 Å². The fourth-order valence-electron chi connectivity index (χ4n) is 5.42. The number of aromatic nitrogens is 2. The molecule has 1 aliphatic carbocycles. The van der Waals surface area contributed by atoms with E-state index in [9.17, 15) is 9.59 Å². The number of likely N-dealkylation sites (N-methyl/N-ethyl adjacent to an activating group) is 1. The molecule has 0 bridgehead atoms. The number of benzene rings is 1. The average molecular weight is 394 g/mol. The van der Waals surface area contributed by atoms with Crippen LogP contribution in [-0.4, -0.2) is 57.9 Å². The number of carbonyl (C=O) groups is 2. The lowest BCUT2D eigenvalue weighted by molar-refractivity contribution is -0.139. The summed E-state index contributed by atoms with van der Waals surface area (Å²) in [5.74, 6) is 1.84. The van der Waals surface area contributed by atoms with Crippen molar-refractivity contribution < 1.29 is 14.1 Å². The van der Waals surface area contributed by atoms with Crippen LogP contribution in [0.2, 0.25) is 0 Å². The lowest BCUT2D eigenvalue weighted by Gasteiger charge is -2.27. The fourth-order valence-corrected chi connectivity index (χ4v) is 5.42. The number of nitrogens with zero attached hydrogens (tertiary/aromatic N) is 4. The van der Waals surface area contributed by atoms with Crippen molar-refractivity contribution in [3.05, 3.63) is 47.6 Å². The van der Waals surface area contributed by atoms with Gasteiger partial charge in [-0.05, 0) is 30.7 Å². The van der Waals surface area contributed by atoms with Crippen molar-refractivity contribution in [2.75, 3.05) is 20.1 Å². The first-order valence-electron chi connectivity index (χ1n) is 10.5. The predicted octanol–water partition coefficient (Wildman–Crippen LogP) is 2.16. The molecule has 1 aromatic carbocycles. The number of carbonyl (C=O) groups excluding carboxylic acids is 2. The Morgan fingerprint density at radius 3 is 2.86 bits per heavy atom. The second-order valence-corrected chi connectivity index (χ2v) is 8.70. The van der Waals surface area contributed by atoms with E-state index in [0.29, 0.717) is 50.0 Å². The molecule has 0 radical (unpaired) electrons. The van der Waals surface area contributed by atoms with E-state index in [0.717, 1.165) is 24.8 Å². The summed E-state index contributed by atoms with van der Waals surface area (Å²) in [7, 11) is 1.73. The summed E-state index contributed by atoms with van der Waals surface area (Å²) in [6.45, 7) is 1.33. The highest BCUT2D eigenvalue weighted by Crippen LogP contribution is 2.50. The molecule has 1 saturated carbocycles. The molecule has 2 saturated heterocycles. The summed E-state index contributed by atoms with van der Waals surface area (Å²) in [6.07, 6.45) is 4.87. The number of rotatable bonds is 4. The molecular weight excluding hydrogens is 368 g/mol. The summed E-state index contributed by atoms with van der Waals surface area (Å²) in [5.41, 5.74) is 0.913. The highest BCUT2D eigenvalue weighted by molar-refractivity contribution is 5.91. The van der Waals surface area contributed by atoms with Gasteiger partial charge in [0.05, 0.1) is 5.41 Å². The topological polar surface area (TPSA) is 79.5 Å². The van der Waals surface area contributed by atoms with E-state index >= 15 is 0 Å². The van der Waals surface area contributed by atoms with Gasteiger partial charge in [-0.2, -0.15) is 4.98 Å². The Labute approximate surface area is 170 Å². The smallest absolute Gasteiger partial charge is 0.245 e. The number of hydrogen-bond donors (Lipinski definition) is 0. The lowest BCUT2D eigenvalue weighted by Crippen LogP contribution is -2.45. The Morgan fingerprint density at radius 2 is 2.10 bits per heavy atom. The molecule has 2 aliphatic heterocycles. The van der Waals surface area contributed by atoms with Gasteiger partial charge >= 0.3 is 0 Å². The molecule has 2 aromatic rings. The third kappa shape index (κ3) is 3.03. The normalized spacial score (nSPS) is 28.9. The molecule has 7 heteroatoms. The van der Waals surface area contributed by atoms with Gasteiger partial charge in [-0.25, -0.2) is 0 Å². The van der Waals surface area contributed by atoms with Gasteiger partial charge in [0.25, 0.3) is 0 Å². The lowest BCUT2D eigenvalue weighted by atomic mass is 9.80. The monoisotopic (exact) mass is 394 g/mol. The number of hydrogen-bond acceptors (Lipinski definition) is 5. The predicted molar refractivity (Wildman–Crippen MR) is 105 cm³/mol. The van der Waals surface area contributed by atoms with Crippen molar-refractivity contribution in [3.63, 3.8) is 0 Å². The summed E-state index contributed by atoms with van der Waals surface area (Å²) in [6, 6.07) is 9.80. The van der Waals surface area contributed by atoms with Crippen molar-refractivity contribution in [2.45, 2.75) is 50.0 Å². The first kappa shape index (κ1) is 18.3. The highest BCUT2D eigenvalue weighted by Gasteiger charge is 2.56. The molecule has 0 unspecified atom stereocenters. The molecule has 3 aliphatic rings. The Hall–Kier alpha value is -2.70. The van der Waals surface area contributed by atoms with Gasteiger partial charge in [0.1, 0.15) is 6.04 Å². The largest absolute Gasteiger partial charge is 0.340 e. The maximum atomic E-state index is 13.1. The van der Waals surface area contributed by atoms with Crippen molar-refractivity contribution in [2.24, 2.45) is 5.92 Å². The van der Waals surface area contributed by atoms with Crippen molar-refractivity contribution >= 4 is 11.8 Å². The van der Waals surface area contributed by atoms with Crippen LogP contribution in [0.15, 0.2) is 34.9 Å². The quantitative estimate of drug-likeness (QED) is 0.794. The maximum absolute atomic E-state index is 13.1. The minimum absolute atomic E-state index is 0.0555. The average Bonchev–Trinajstić information content (AvgIpc) is 3.47. The summed E-state index contributed by atoms with van der Waals surface area (Å²) < 4.78 is 5.75. The number of amides is 2. The molecule has 3 fully saturated rings. The Bertz CT molecular complexity index is 927. The third-order valence-electron chi connectivity index (χ3n) is 7.06. The van der Waals surface area contributed by atoms with Crippen LogP contribution in [0.4, 0.5) is 0 Å². The Balaban J connectivity index is 1.35. The second-order valence-electron chi connectivity index (χ2n) is 8.70. The van der Waals surface area contributed by atoms with E-state index in [1.807, 2.05) is 23.1 Å². The van der Waals surface area contributed by atoms with Crippen LogP contribution in [0.25, 0.3) is 0 Å². The van der Waals surface area contributed by atoms with Gasteiger partial charge in [-0.1, -0.05) is 41.9 Å². The first-order chi connectivity index (χ1) is 14.1. The van der Waals surface area contributed by atoms with Crippen LogP contribution in [0.3, 0.4) is 0 Å². The Kier molecular flexibility index (Phi) is 4.41. The molecule has 5 rings (SSSR count). The highest BCUT2D eigenvalue weighted by atomic mass is 16.5. The molecule has 0 spiro atoms. The molecule has 0 N–H and O–H groups in total. The zero-order chi connectivity index (χ0) is 20.0. The van der Waals surface area contributed by atoms with Crippen LogP contribution in [0.1, 0.15) is 49.4 Å². The van der Waals surface area contributed by atoms with Gasteiger partial charge in [0, 0.05) is 33.0 Å². The van der Waals surface area contributed by atoms with Crippen LogP contribution in [0, 0.1) is 5.92 Å². The molecular formula is C22H26N4O3. The van der Waals surface area contributed by atoms with E-state index in [1.54, 1.807) is 11.9 Å².